The second kappa shape index (κ2) is 12.3. The van der Waals surface area contributed by atoms with Crippen molar-refractivity contribution >= 4 is 44.6 Å². The van der Waals surface area contributed by atoms with Crippen molar-refractivity contribution in [2.45, 2.75) is 5.41 Å². The highest BCUT2D eigenvalue weighted by Gasteiger charge is 2.46. The molecule has 0 N–H and O–H groups in total. The third-order valence-corrected chi connectivity index (χ3v) is 10.8. The zero-order valence-corrected chi connectivity index (χ0v) is 28.9. The fourth-order valence-electron chi connectivity index (χ4n) is 8.67. The van der Waals surface area contributed by atoms with E-state index in [1.165, 1.54) is 33.0 Å². The van der Waals surface area contributed by atoms with E-state index in [1.54, 1.807) is 0 Å². The third kappa shape index (κ3) is 4.67. The van der Waals surface area contributed by atoms with Crippen molar-refractivity contribution in [2.75, 3.05) is 4.90 Å². The molecule has 0 saturated heterocycles. The molecular formula is C50H33N3. The van der Waals surface area contributed by atoms with Crippen LogP contribution in [0.1, 0.15) is 22.3 Å². The van der Waals surface area contributed by atoms with Gasteiger partial charge in [-0.2, -0.15) is 0 Å². The van der Waals surface area contributed by atoms with Gasteiger partial charge in [0.05, 0.1) is 34.4 Å². The van der Waals surface area contributed by atoms with Crippen molar-refractivity contribution in [1.82, 2.24) is 4.57 Å². The summed E-state index contributed by atoms with van der Waals surface area (Å²) in [5.41, 5.74) is 13.6. The number of hydrogen-bond acceptors (Lipinski definition) is 1. The largest absolute Gasteiger partial charge is 0.310 e. The Hall–Kier alpha value is -7.15. The van der Waals surface area contributed by atoms with E-state index in [0.717, 1.165) is 44.9 Å². The molecule has 0 unspecified atom stereocenters. The molecule has 3 heteroatoms. The van der Waals surface area contributed by atoms with Crippen molar-refractivity contribution in [1.29, 1.82) is 0 Å². The maximum atomic E-state index is 7.80. The molecular weight excluding hydrogens is 643 g/mol. The predicted molar refractivity (Wildman–Crippen MR) is 219 cm³/mol. The number of benzene rings is 8. The number of rotatable bonds is 5. The molecule has 1 aliphatic heterocycles. The third-order valence-electron chi connectivity index (χ3n) is 10.8. The minimum Gasteiger partial charge on any atom is -0.310 e. The molecule has 0 saturated carbocycles. The van der Waals surface area contributed by atoms with Crippen LogP contribution in [0.25, 0.3) is 43.5 Å². The summed E-state index contributed by atoms with van der Waals surface area (Å²) in [5, 5.41) is 2.43. The van der Waals surface area contributed by atoms with Gasteiger partial charge in [-0.3, -0.25) is 0 Å². The first-order valence-electron chi connectivity index (χ1n) is 18.0. The van der Waals surface area contributed by atoms with Gasteiger partial charge in [0, 0.05) is 22.1 Å². The average molecular weight is 676 g/mol. The Morgan fingerprint density at radius 3 is 1.51 bits per heavy atom. The average Bonchev–Trinajstić information content (AvgIpc) is 3.58. The molecule has 10 rings (SSSR count). The van der Waals surface area contributed by atoms with E-state index in [0.29, 0.717) is 5.69 Å². The molecule has 2 heterocycles. The summed E-state index contributed by atoms with van der Waals surface area (Å²) in [6.07, 6.45) is 0. The Balaban J connectivity index is 1.30. The standard InChI is InChI=1S/C50H33N3/c1-51-39-22-16-17-35(31-39)36-32-40(52-46-27-12-8-23-42(46)43-24-9-13-28-47(43)52)34-41(33-36)53-48-29-14-10-25-44(48)50(37-18-4-2-5-19-37,38-20-6-3-7-21-38)45-26-11-15-30-49(45)53/h2-34H. The summed E-state index contributed by atoms with van der Waals surface area (Å²) >= 11 is 0. The van der Waals surface area contributed by atoms with Gasteiger partial charge in [0.1, 0.15) is 0 Å². The molecule has 0 atom stereocenters. The number of fused-ring (bicyclic) bond motifs is 5. The maximum Gasteiger partial charge on any atom is 0.187 e. The van der Waals surface area contributed by atoms with Gasteiger partial charge in [-0.05, 0) is 81.9 Å². The Morgan fingerprint density at radius 1 is 0.415 bits per heavy atom. The van der Waals surface area contributed by atoms with Crippen LogP contribution in [0.15, 0.2) is 200 Å². The first kappa shape index (κ1) is 30.7. The van der Waals surface area contributed by atoms with Gasteiger partial charge in [-0.15, -0.1) is 0 Å². The quantitative estimate of drug-likeness (QED) is 0.165. The van der Waals surface area contributed by atoms with Crippen LogP contribution in [0, 0.1) is 6.57 Å². The fourth-order valence-corrected chi connectivity index (χ4v) is 8.67. The molecule has 3 nitrogen and oxygen atoms in total. The lowest BCUT2D eigenvalue weighted by Crippen LogP contribution is -2.37. The Morgan fingerprint density at radius 2 is 0.925 bits per heavy atom. The van der Waals surface area contributed by atoms with Gasteiger partial charge >= 0.3 is 0 Å². The van der Waals surface area contributed by atoms with Crippen molar-refractivity contribution in [2.24, 2.45) is 0 Å². The number of aromatic nitrogens is 1. The molecule has 9 aromatic rings. The Kier molecular flexibility index (Phi) is 7.09. The minimum absolute atomic E-state index is 0.552. The molecule has 0 aliphatic carbocycles. The zero-order valence-electron chi connectivity index (χ0n) is 28.9. The van der Waals surface area contributed by atoms with Crippen LogP contribution >= 0.6 is 0 Å². The highest BCUT2D eigenvalue weighted by molar-refractivity contribution is 6.09. The molecule has 1 aromatic heterocycles. The van der Waals surface area contributed by atoms with Crippen LogP contribution in [-0.2, 0) is 5.41 Å². The summed E-state index contributed by atoms with van der Waals surface area (Å²) in [4.78, 5) is 6.23. The molecule has 0 radical (unpaired) electrons. The molecule has 8 aromatic carbocycles. The van der Waals surface area contributed by atoms with Gasteiger partial charge in [-0.1, -0.05) is 152 Å². The smallest absolute Gasteiger partial charge is 0.187 e. The van der Waals surface area contributed by atoms with Crippen molar-refractivity contribution in [3.8, 4) is 16.8 Å². The SMILES string of the molecule is [C-]#[N+]c1cccc(-c2cc(N3c4ccccc4C(c4ccccc4)(c4ccccc4)c4ccccc43)cc(-n3c4ccccc4c4ccccc43)c2)c1. The zero-order chi connectivity index (χ0) is 35.4. The van der Waals surface area contributed by atoms with Crippen molar-refractivity contribution < 1.29 is 0 Å². The molecule has 0 spiro atoms. The topological polar surface area (TPSA) is 12.5 Å². The van der Waals surface area contributed by atoms with Crippen LogP contribution < -0.4 is 4.90 Å². The molecule has 248 valence electrons. The van der Waals surface area contributed by atoms with Crippen molar-refractivity contribution in [3.63, 3.8) is 0 Å². The predicted octanol–water partition coefficient (Wildman–Crippen LogP) is 13.2. The molecule has 53 heavy (non-hydrogen) atoms. The summed E-state index contributed by atoms with van der Waals surface area (Å²) in [5.74, 6) is 0. The number of hydrogen-bond donors (Lipinski definition) is 0. The second-order valence-corrected chi connectivity index (χ2v) is 13.6. The lowest BCUT2D eigenvalue weighted by Gasteiger charge is -2.46. The fraction of sp³-hybridized carbons (Fsp3) is 0.0200. The normalized spacial score (nSPS) is 13.0. The number of nitrogens with zero attached hydrogens (tertiary/aromatic N) is 3. The monoisotopic (exact) mass is 675 g/mol. The van der Waals surface area contributed by atoms with Gasteiger partial charge in [0.15, 0.2) is 5.69 Å². The first-order chi connectivity index (χ1) is 26.3. The molecule has 0 amide bonds. The number of anilines is 3. The van der Waals surface area contributed by atoms with Crippen LogP contribution in [0.2, 0.25) is 0 Å². The van der Waals surface area contributed by atoms with E-state index in [-0.39, 0.29) is 0 Å². The number of para-hydroxylation sites is 4. The summed E-state index contributed by atoms with van der Waals surface area (Å²) in [6.45, 7) is 7.80. The summed E-state index contributed by atoms with van der Waals surface area (Å²) in [7, 11) is 0. The van der Waals surface area contributed by atoms with Crippen molar-refractivity contribution in [3.05, 3.63) is 234 Å². The van der Waals surface area contributed by atoms with Gasteiger partial charge in [-0.25, -0.2) is 4.85 Å². The summed E-state index contributed by atoms with van der Waals surface area (Å²) in [6, 6.07) is 71.8. The van der Waals surface area contributed by atoms with Gasteiger partial charge in [0.25, 0.3) is 0 Å². The van der Waals surface area contributed by atoms with Crippen LogP contribution in [0.5, 0.6) is 0 Å². The van der Waals surface area contributed by atoms with Crippen LogP contribution in [0.4, 0.5) is 22.7 Å². The van der Waals surface area contributed by atoms with E-state index in [9.17, 15) is 0 Å². The second-order valence-electron chi connectivity index (χ2n) is 13.6. The van der Waals surface area contributed by atoms with Gasteiger partial charge in [0.2, 0.25) is 0 Å². The van der Waals surface area contributed by atoms with Crippen LogP contribution in [0.3, 0.4) is 0 Å². The first-order valence-corrected chi connectivity index (χ1v) is 18.0. The lowest BCUT2D eigenvalue weighted by molar-refractivity contribution is 0.731. The molecule has 0 bridgehead atoms. The highest BCUT2D eigenvalue weighted by Crippen LogP contribution is 2.58. The van der Waals surface area contributed by atoms with E-state index in [4.69, 9.17) is 6.57 Å². The van der Waals surface area contributed by atoms with Crippen LogP contribution in [-0.4, -0.2) is 4.57 Å². The summed E-state index contributed by atoms with van der Waals surface area (Å²) < 4.78 is 2.39. The minimum atomic E-state index is -0.552. The van der Waals surface area contributed by atoms with E-state index < -0.39 is 5.41 Å². The molecule has 0 fully saturated rings. The Labute approximate surface area is 309 Å². The van der Waals surface area contributed by atoms with E-state index in [1.807, 2.05) is 18.2 Å². The van der Waals surface area contributed by atoms with E-state index >= 15 is 0 Å². The van der Waals surface area contributed by atoms with Gasteiger partial charge < -0.3 is 9.47 Å². The molecule has 1 aliphatic rings. The Bertz CT molecular complexity index is 2720. The lowest BCUT2D eigenvalue weighted by atomic mass is 9.62. The van der Waals surface area contributed by atoms with E-state index in [2.05, 4.69) is 196 Å². The maximum absolute atomic E-state index is 7.80. The highest BCUT2D eigenvalue weighted by atomic mass is 15.2.